The fraction of sp³-hybridized carbons (Fsp3) is 0.0976. The molecule has 0 aliphatic carbocycles. The van der Waals surface area contributed by atoms with Crippen LogP contribution >= 0.6 is 0 Å². The van der Waals surface area contributed by atoms with Crippen molar-refractivity contribution in [3.05, 3.63) is 284 Å². The molecule has 0 aliphatic rings. The fourth-order valence-electron chi connectivity index (χ4n) is 14.0. The summed E-state index contributed by atoms with van der Waals surface area (Å²) in [6.07, 6.45) is 2.24. The van der Waals surface area contributed by atoms with Gasteiger partial charge in [-0.2, -0.15) is 0 Å². The van der Waals surface area contributed by atoms with Crippen molar-refractivity contribution in [2.24, 2.45) is 0 Å². The Bertz CT molecular complexity index is 4980. The lowest BCUT2D eigenvalue weighted by Crippen LogP contribution is -1.96. The van der Waals surface area contributed by atoms with Crippen LogP contribution in [0.5, 0.6) is 0 Å². The van der Waals surface area contributed by atoms with E-state index < -0.39 is 0 Å². The van der Waals surface area contributed by atoms with Crippen LogP contribution in [0.15, 0.2) is 273 Å². The van der Waals surface area contributed by atoms with Crippen molar-refractivity contribution in [1.82, 2.24) is 13.7 Å². The third-order valence-electron chi connectivity index (χ3n) is 18.9. The van der Waals surface area contributed by atoms with Crippen molar-refractivity contribution in [3.8, 4) is 61.6 Å². The number of benzene rings is 13. The lowest BCUT2D eigenvalue weighted by atomic mass is 9.86. The molecule has 3 aromatic heterocycles. The Balaban J connectivity index is 0.860. The molecule has 3 heteroatoms. The van der Waals surface area contributed by atoms with Gasteiger partial charge >= 0.3 is 0 Å². The molecule has 16 rings (SSSR count). The Hall–Kier alpha value is -10.2. The first kappa shape index (κ1) is 50.5. The van der Waals surface area contributed by atoms with Gasteiger partial charge in [0.05, 0.1) is 33.1 Å². The van der Waals surface area contributed by atoms with Crippen LogP contribution in [0.3, 0.4) is 0 Å². The Morgan fingerprint density at radius 1 is 0.235 bits per heavy atom. The van der Waals surface area contributed by atoms with Gasteiger partial charge in [-0.25, -0.2) is 0 Å². The fourth-order valence-corrected chi connectivity index (χ4v) is 14.0. The minimum absolute atomic E-state index is 0.525. The lowest BCUT2D eigenvalue weighted by molar-refractivity contribution is 0.733. The number of nitrogens with zero attached hydrogens (tertiary/aromatic N) is 3. The van der Waals surface area contributed by atoms with Gasteiger partial charge in [0.2, 0.25) is 0 Å². The summed E-state index contributed by atoms with van der Waals surface area (Å²) >= 11 is 0. The maximum absolute atomic E-state index is 2.48. The first-order valence-corrected chi connectivity index (χ1v) is 30.4. The summed E-state index contributed by atoms with van der Waals surface area (Å²) in [5, 5.41) is 12.5. The number of aromatic nitrogens is 3. The second-order valence-corrected chi connectivity index (χ2v) is 23.5. The van der Waals surface area contributed by atoms with Crippen molar-refractivity contribution >= 4 is 87.0 Å². The van der Waals surface area contributed by atoms with E-state index in [-0.39, 0.29) is 0 Å². The summed E-state index contributed by atoms with van der Waals surface area (Å²) in [6, 6.07) is 103. The Morgan fingerprint density at radius 3 is 0.835 bits per heavy atom. The molecule has 2 atom stereocenters. The van der Waals surface area contributed by atoms with E-state index in [1.165, 1.54) is 154 Å². The van der Waals surface area contributed by atoms with Crippen molar-refractivity contribution in [3.63, 3.8) is 0 Å². The van der Waals surface area contributed by atoms with E-state index >= 15 is 0 Å². The number of hydrogen-bond donors (Lipinski definition) is 0. The zero-order valence-electron chi connectivity index (χ0n) is 48.4. The summed E-state index contributed by atoms with van der Waals surface area (Å²) in [5.74, 6) is 1.05. The van der Waals surface area contributed by atoms with E-state index in [0.29, 0.717) is 11.8 Å². The number of hydrogen-bond acceptors (Lipinski definition) is 0. The molecule has 406 valence electrons. The van der Waals surface area contributed by atoms with E-state index in [2.05, 4.69) is 314 Å². The predicted molar refractivity (Wildman–Crippen MR) is 364 cm³/mol. The van der Waals surface area contributed by atoms with E-state index in [1.54, 1.807) is 0 Å². The average molecular weight is 1090 g/mol. The molecule has 3 heterocycles. The Kier molecular flexibility index (Phi) is 12.1. The van der Waals surface area contributed by atoms with Crippen LogP contribution < -0.4 is 0 Å². The van der Waals surface area contributed by atoms with Crippen LogP contribution in [-0.4, -0.2) is 13.7 Å². The summed E-state index contributed by atoms with van der Waals surface area (Å²) in [4.78, 5) is 0. The van der Waals surface area contributed by atoms with E-state index in [9.17, 15) is 0 Å². The van der Waals surface area contributed by atoms with Crippen molar-refractivity contribution < 1.29 is 0 Å². The molecule has 0 fully saturated rings. The monoisotopic (exact) mass is 1090 g/mol. The minimum Gasteiger partial charge on any atom is -0.309 e. The maximum atomic E-state index is 2.48. The number of fused-ring (bicyclic) bond motifs is 11. The number of rotatable bonds is 11. The smallest absolute Gasteiger partial charge is 0.0541 e. The molecule has 0 saturated heterocycles. The molecule has 13 aromatic carbocycles. The molecular formula is C82H63N3. The topological polar surface area (TPSA) is 14.8 Å². The molecule has 0 bridgehead atoms. The van der Waals surface area contributed by atoms with Gasteiger partial charge < -0.3 is 13.7 Å². The Labute approximate surface area is 495 Å². The van der Waals surface area contributed by atoms with Crippen molar-refractivity contribution in [1.29, 1.82) is 0 Å². The zero-order valence-corrected chi connectivity index (χ0v) is 48.4. The number of para-hydroxylation sites is 2. The third-order valence-corrected chi connectivity index (χ3v) is 18.9. The third kappa shape index (κ3) is 8.16. The van der Waals surface area contributed by atoms with Gasteiger partial charge in [-0.3, -0.25) is 0 Å². The standard InChI is InChI=1S/C82H63N3/c1-5-52(3)54-28-38-62(39-29-54)83-75-26-16-14-20-65(75)71-48-58(34-44-77(71)83)60-36-46-79-73(50-60)74-51-61(59-35-45-78-72(49-59)66-21-15-17-27-76(66)84(78)63-40-30-55(31-41-63)53(4)6-2)37-47-80(74)85(79)64-42-32-57(33-43-64)82-69-24-12-10-22-67(69)81(56-18-8-7-9-19-56)68-23-11-13-25-70(68)82/h7-53H,5-6H2,1-4H3. The van der Waals surface area contributed by atoms with Crippen molar-refractivity contribution in [2.45, 2.75) is 52.4 Å². The van der Waals surface area contributed by atoms with Gasteiger partial charge in [0.1, 0.15) is 0 Å². The molecule has 2 unspecified atom stereocenters. The molecule has 0 N–H and O–H groups in total. The molecule has 16 aromatic rings. The van der Waals surface area contributed by atoms with Gasteiger partial charge in [-0.15, -0.1) is 0 Å². The highest BCUT2D eigenvalue weighted by Crippen LogP contribution is 2.46. The largest absolute Gasteiger partial charge is 0.309 e. The zero-order chi connectivity index (χ0) is 56.9. The molecule has 0 spiro atoms. The van der Waals surface area contributed by atoms with Crippen LogP contribution in [0, 0.1) is 0 Å². The highest BCUT2D eigenvalue weighted by molar-refractivity contribution is 6.22. The highest BCUT2D eigenvalue weighted by Gasteiger charge is 2.21. The molecule has 0 aliphatic heterocycles. The van der Waals surface area contributed by atoms with Crippen LogP contribution in [0.2, 0.25) is 0 Å². The van der Waals surface area contributed by atoms with Crippen molar-refractivity contribution in [2.75, 3.05) is 0 Å². The molecular weight excluding hydrogens is 1030 g/mol. The van der Waals surface area contributed by atoms with Crippen LogP contribution in [0.25, 0.3) is 149 Å². The van der Waals surface area contributed by atoms with Crippen LogP contribution in [0.4, 0.5) is 0 Å². The molecule has 0 radical (unpaired) electrons. The SMILES string of the molecule is CCC(C)c1ccc(-n2c3ccccc3c3cc(-c4ccc5c(c4)c4cc(-c6ccc7c(c6)c6ccccc6n7-c6ccc(C(C)CC)cc6)ccc4n5-c4ccc(-c5c6ccccc6c(-c6ccccc6)c6ccccc56)cc4)ccc32)cc1. The average Bonchev–Trinajstić information content (AvgIpc) is 2.34. The summed E-state index contributed by atoms with van der Waals surface area (Å²) in [6.45, 7) is 9.15. The minimum atomic E-state index is 0.525. The summed E-state index contributed by atoms with van der Waals surface area (Å²) in [7, 11) is 0. The second kappa shape index (κ2) is 20.3. The highest BCUT2D eigenvalue weighted by atomic mass is 15.0. The first-order chi connectivity index (χ1) is 41.9. The maximum Gasteiger partial charge on any atom is 0.0541 e. The van der Waals surface area contributed by atoms with Gasteiger partial charge in [0.25, 0.3) is 0 Å². The summed E-state index contributed by atoms with van der Waals surface area (Å²) < 4.78 is 7.34. The van der Waals surface area contributed by atoms with E-state index in [0.717, 1.165) is 18.5 Å². The molecule has 85 heavy (non-hydrogen) atoms. The van der Waals surface area contributed by atoms with Crippen LogP contribution in [0.1, 0.15) is 63.5 Å². The van der Waals surface area contributed by atoms with Gasteiger partial charge in [0, 0.05) is 49.4 Å². The van der Waals surface area contributed by atoms with Gasteiger partial charge in [0.15, 0.2) is 0 Å². The predicted octanol–water partition coefficient (Wildman–Crippen LogP) is 23.0. The first-order valence-electron chi connectivity index (χ1n) is 30.4. The normalized spacial score (nSPS) is 12.7. The molecule has 0 saturated carbocycles. The van der Waals surface area contributed by atoms with E-state index in [4.69, 9.17) is 0 Å². The van der Waals surface area contributed by atoms with Gasteiger partial charge in [-0.05, 0) is 199 Å². The van der Waals surface area contributed by atoms with Crippen LogP contribution in [-0.2, 0) is 0 Å². The lowest BCUT2D eigenvalue weighted by Gasteiger charge is -2.18. The van der Waals surface area contributed by atoms with E-state index in [1.807, 2.05) is 0 Å². The second-order valence-electron chi connectivity index (χ2n) is 23.5. The Morgan fingerprint density at radius 2 is 0.494 bits per heavy atom. The molecule has 0 amide bonds. The summed E-state index contributed by atoms with van der Waals surface area (Å²) in [5.41, 5.74) is 23.2. The molecule has 3 nitrogen and oxygen atoms in total. The van der Waals surface area contributed by atoms with Gasteiger partial charge in [-0.1, -0.05) is 204 Å². The quantitative estimate of drug-likeness (QED) is 0.115.